The number of phenols is 4. The van der Waals surface area contributed by atoms with Crippen LogP contribution in [0.15, 0.2) is 36.4 Å². The number of nitrogens with one attached hydrogen (secondary N) is 1. The molecule has 210 valence electrons. The average Bonchev–Trinajstić information content (AvgIpc) is 2.83. The molecule has 0 amide bonds. The van der Waals surface area contributed by atoms with Crippen LogP contribution in [0.1, 0.15) is 74.3 Å². The van der Waals surface area contributed by atoms with Crippen molar-refractivity contribution >= 4 is 20.0 Å². The fourth-order valence-corrected chi connectivity index (χ4v) is 9.18. The summed E-state index contributed by atoms with van der Waals surface area (Å²) in [5.74, 6) is -0.644. The topological polar surface area (TPSA) is 164 Å². The maximum absolute atomic E-state index is 13.1. The third-order valence-corrected chi connectivity index (χ3v) is 10.6. The highest BCUT2D eigenvalue weighted by atomic mass is 32.2. The Hall–Kier alpha value is -2.54. The van der Waals surface area contributed by atoms with Crippen LogP contribution in [0.5, 0.6) is 23.0 Å². The van der Waals surface area contributed by atoms with Gasteiger partial charge in [-0.1, -0.05) is 12.1 Å². The fraction of sp³-hybridized carbons (Fsp3) is 0.538. The summed E-state index contributed by atoms with van der Waals surface area (Å²) in [5.41, 5.74) is 1.42. The van der Waals surface area contributed by atoms with E-state index < -0.39 is 32.0 Å². The van der Waals surface area contributed by atoms with E-state index in [4.69, 9.17) is 0 Å². The van der Waals surface area contributed by atoms with Gasteiger partial charge >= 0.3 is 0 Å². The predicted octanol–water partition coefficient (Wildman–Crippen LogP) is 3.40. The molecule has 2 aromatic carbocycles. The zero-order chi connectivity index (χ0) is 27.7. The van der Waals surface area contributed by atoms with Crippen molar-refractivity contribution in [3.8, 4) is 23.0 Å². The molecule has 2 aromatic rings. The van der Waals surface area contributed by atoms with E-state index in [2.05, 4.69) is 4.72 Å². The predicted molar refractivity (Wildman–Crippen MR) is 143 cm³/mol. The van der Waals surface area contributed by atoms with Crippen molar-refractivity contribution in [2.45, 2.75) is 75.3 Å². The van der Waals surface area contributed by atoms with Gasteiger partial charge in [0.1, 0.15) is 28.9 Å². The summed E-state index contributed by atoms with van der Waals surface area (Å²) in [7, 11) is -7.74. The first-order valence-electron chi connectivity index (χ1n) is 12.8. The smallest absolute Gasteiger partial charge is 0.226 e. The van der Waals surface area contributed by atoms with E-state index >= 15 is 0 Å². The Kier molecular flexibility index (Phi) is 8.46. The van der Waals surface area contributed by atoms with Crippen LogP contribution >= 0.6 is 0 Å². The summed E-state index contributed by atoms with van der Waals surface area (Å²) in [6.07, 6.45) is 5.48. The van der Waals surface area contributed by atoms with Gasteiger partial charge in [0, 0.05) is 24.2 Å². The molecule has 2 saturated carbocycles. The Labute approximate surface area is 224 Å². The number of benzene rings is 2. The van der Waals surface area contributed by atoms with E-state index in [9.17, 15) is 37.3 Å². The number of phenolic OH excluding ortho intramolecular Hbond substituents is 4. The third kappa shape index (κ3) is 6.90. The van der Waals surface area contributed by atoms with E-state index in [0.29, 0.717) is 56.9 Å². The highest BCUT2D eigenvalue weighted by Gasteiger charge is 2.36. The lowest BCUT2D eigenvalue weighted by Gasteiger charge is -2.36. The quantitative estimate of drug-likeness (QED) is 0.323. The van der Waals surface area contributed by atoms with Crippen LogP contribution in [-0.2, 0) is 20.0 Å². The van der Waals surface area contributed by atoms with Gasteiger partial charge in [0.25, 0.3) is 0 Å². The van der Waals surface area contributed by atoms with Crippen molar-refractivity contribution in [3.05, 3.63) is 47.5 Å². The van der Waals surface area contributed by atoms with E-state index in [-0.39, 0.29) is 40.9 Å². The minimum atomic E-state index is -3.94. The van der Waals surface area contributed by atoms with Gasteiger partial charge in [0.05, 0.1) is 6.26 Å². The second kappa shape index (κ2) is 11.3. The van der Waals surface area contributed by atoms with Gasteiger partial charge in [-0.15, -0.1) is 0 Å². The Morgan fingerprint density at radius 3 is 1.61 bits per heavy atom. The molecule has 5 N–H and O–H groups in total. The Morgan fingerprint density at radius 2 is 1.18 bits per heavy atom. The number of nitrogens with zero attached hydrogens (tertiary/aromatic N) is 1. The molecule has 0 radical (unpaired) electrons. The van der Waals surface area contributed by atoms with E-state index in [1.54, 1.807) is 12.1 Å². The lowest BCUT2D eigenvalue weighted by atomic mass is 9.81. The van der Waals surface area contributed by atoms with Crippen molar-refractivity contribution in [1.82, 2.24) is 9.03 Å². The molecule has 4 rings (SSSR count). The highest BCUT2D eigenvalue weighted by Crippen LogP contribution is 2.41. The summed E-state index contributed by atoms with van der Waals surface area (Å²) in [5, 5.41) is 39.4. The Balaban J connectivity index is 1.35. The van der Waals surface area contributed by atoms with Crippen molar-refractivity contribution in [2.24, 2.45) is 0 Å². The third-order valence-electron chi connectivity index (χ3n) is 7.81. The van der Waals surface area contributed by atoms with Crippen LogP contribution < -0.4 is 4.72 Å². The summed E-state index contributed by atoms with van der Waals surface area (Å²) in [6.45, 7) is 0. The Morgan fingerprint density at radius 1 is 0.737 bits per heavy atom. The minimum Gasteiger partial charge on any atom is -0.508 e. The fourth-order valence-electron chi connectivity index (χ4n) is 5.88. The number of sulfonamides is 2. The molecule has 2 aliphatic rings. The van der Waals surface area contributed by atoms with Crippen LogP contribution in [0.2, 0.25) is 0 Å². The lowest BCUT2D eigenvalue weighted by molar-refractivity contribution is 0.257. The van der Waals surface area contributed by atoms with Gasteiger partial charge in [-0.2, -0.15) is 4.31 Å². The number of hydrogen-bond acceptors (Lipinski definition) is 8. The molecule has 2 aliphatic carbocycles. The Bertz CT molecular complexity index is 1350. The molecule has 0 aromatic heterocycles. The van der Waals surface area contributed by atoms with Crippen LogP contribution in [0.3, 0.4) is 0 Å². The van der Waals surface area contributed by atoms with Crippen molar-refractivity contribution in [1.29, 1.82) is 0 Å². The van der Waals surface area contributed by atoms with Gasteiger partial charge in [0.2, 0.25) is 20.0 Å². The lowest BCUT2D eigenvalue weighted by Crippen LogP contribution is -2.48. The molecule has 0 unspecified atom stereocenters. The molecule has 10 nitrogen and oxygen atoms in total. The monoisotopic (exact) mass is 568 g/mol. The first kappa shape index (κ1) is 28.5. The largest absolute Gasteiger partial charge is 0.508 e. The second-order valence-electron chi connectivity index (χ2n) is 10.6. The molecule has 12 heteroatoms. The van der Waals surface area contributed by atoms with E-state index in [1.807, 2.05) is 0 Å². The number of rotatable bonds is 8. The normalized spacial score (nSPS) is 24.9. The van der Waals surface area contributed by atoms with Gasteiger partial charge in [-0.3, -0.25) is 0 Å². The first-order valence-corrected chi connectivity index (χ1v) is 16.3. The van der Waals surface area contributed by atoms with E-state index in [1.165, 1.54) is 24.3 Å². The number of aromatic hydroxyl groups is 4. The summed E-state index contributed by atoms with van der Waals surface area (Å²) in [4.78, 5) is 0. The van der Waals surface area contributed by atoms with Crippen LogP contribution in [0.25, 0.3) is 0 Å². The van der Waals surface area contributed by atoms with Gasteiger partial charge in [-0.25, -0.2) is 21.6 Å². The van der Waals surface area contributed by atoms with Gasteiger partial charge < -0.3 is 20.4 Å². The standard InChI is InChI=1S/C26H36N2O8S2/c1-37(33,34)28(20-8-4-18(5-9-20)24-13-11-22(30)15-26(24)32)16-38(35,36)27-19-6-2-17(3-7-19)23-12-10-21(29)14-25(23)31/h10-15,17-20,27,29-32H,2-9,16H2,1H3. The van der Waals surface area contributed by atoms with Crippen LogP contribution in [0.4, 0.5) is 0 Å². The van der Waals surface area contributed by atoms with Gasteiger partial charge in [-0.05, 0) is 86.5 Å². The van der Waals surface area contributed by atoms with Crippen LogP contribution in [-0.4, -0.2) is 65.8 Å². The summed E-state index contributed by atoms with van der Waals surface area (Å²) in [6, 6.07) is 8.15. The second-order valence-corrected chi connectivity index (χ2v) is 14.2. The molecule has 0 bridgehead atoms. The van der Waals surface area contributed by atoms with Gasteiger partial charge in [0.15, 0.2) is 0 Å². The maximum Gasteiger partial charge on any atom is 0.226 e. The van der Waals surface area contributed by atoms with Crippen molar-refractivity contribution in [3.63, 3.8) is 0 Å². The average molecular weight is 569 g/mol. The summed E-state index contributed by atoms with van der Waals surface area (Å²) < 4.78 is 55.1. The molecule has 0 spiro atoms. The molecule has 0 saturated heterocycles. The van der Waals surface area contributed by atoms with Crippen LogP contribution in [0, 0.1) is 0 Å². The number of hydrogen-bond donors (Lipinski definition) is 5. The van der Waals surface area contributed by atoms with E-state index in [0.717, 1.165) is 16.1 Å². The molecule has 38 heavy (non-hydrogen) atoms. The maximum atomic E-state index is 13.1. The molecule has 0 atom stereocenters. The molecule has 0 heterocycles. The molecule has 0 aliphatic heterocycles. The molecular weight excluding hydrogens is 532 g/mol. The minimum absolute atomic E-state index is 0.00413. The summed E-state index contributed by atoms with van der Waals surface area (Å²) >= 11 is 0. The first-order chi connectivity index (χ1) is 17.8. The SMILES string of the molecule is CS(=O)(=O)N(CS(=O)(=O)NC1CCC(c2ccc(O)cc2O)CC1)C1CCC(c2ccc(O)cc2O)CC1. The molecular formula is C26H36N2O8S2. The molecule has 2 fully saturated rings. The zero-order valence-corrected chi connectivity index (χ0v) is 23.0. The van der Waals surface area contributed by atoms with Crippen molar-refractivity contribution in [2.75, 3.05) is 12.1 Å². The van der Waals surface area contributed by atoms with Crippen molar-refractivity contribution < 1.29 is 37.3 Å². The highest BCUT2D eigenvalue weighted by molar-refractivity contribution is 7.92. The zero-order valence-electron chi connectivity index (χ0n) is 21.3.